The van der Waals surface area contributed by atoms with Gasteiger partial charge in [0.2, 0.25) is 0 Å². The maximum Gasteiger partial charge on any atom is 0.152 e. The first kappa shape index (κ1) is 15.3. The first-order valence-electron chi connectivity index (χ1n) is 6.83. The number of hydrogen-bond acceptors (Lipinski definition) is 4. The molecule has 0 atom stereocenters. The van der Waals surface area contributed by atoms with Gasteiger partial charge in [-0.15, -0.1) is 0 Å². The molecule has 1 N–H and O–H groups in total. The Kier molecular flexibility index (Phi) is 4.68. The molecular formula is C15H21ClN2O2. The first-order chi connectivity index (χ1) is 9.39. The smallest absolute Gasteiger partial charge is 0.152 e. The molecule has 4 nitrogen and oxygen atoms in total. The lowest BCUT2D eigenvalue weighted by atomic mass is 10.1. The van der Waals surface area contributed by atoms with E-state index in [1.54, 1.807) is 6.07 Å². The molecule has 1 fully saturated rings. The van der Waals surface area contributed by atoms with Gasteiger partial charge in [0, 0.05) is 49.0 Å². The van der Waals surface area contributed by atoms with Crippen LogP contribution in [-0.4, -0.2) is 54.6 Å². The summed E-state index contributed by atoms with van der Waals surface area (Å²) < 4.78 is 0. The van der Waals surface area contributed by atoms with Crippen LogP contribution in [0.1, 0.15) is 24.2 Å². The highest BCUT2D eigenvalue weighted by molar-refractivity contribution is 6.31. The Bertz CT molecular complexity index is 477. The van der Waals surface area contributed by atoms with E-state index >= 15 is 0 Å². The number of piperazine rings is 1. The zero-order valence-corrected chi connectivity index (χ0v) is 12.7. The van der Waals surface area contributed by atoms with Crippen LogP contribution < -0.4 is 4.90 Å². The maximum absolute atomic E-state index is 11.1. The quantitative estimate of drug-likeness (QED) is 0.864. The Balaban J connectivity index is 2.02. The topological polar surface area (TPSA) is 43.8 Å². The van der Waals surface area contributed by atoms with Gasteiger partial charge >= 0.3 is 0 Å². The number of β-amino-alcohol motifs (C(OH)–C–C–N with tert-alkyl or cyclic N) is 1. The molecule has 1 heterocycles. The van der Waals surface area contributed by atoms with Gasteiger partial charge in [0.25, 0.3) is 0 Å². The van der Waals surface area contributed by atoms with Crippen molar-refractivity contribution in [2.45, 2.75) is 19.4 Å². The van der Waals surface area contributed by atoms with Crippen LogP contribution >= 0.6 is 11.6 Å². The number of carbonyl (C=O) groups is 1. The van der Waals surface area contributed by atoms with E-state index in [-0.39, 0.29) is 0 Å². The Morgan fingerprint density at radius 3 is 2.50 bits per heavy atom. The number of hydrogen-bond donors (Lipinski definition) is 1. The average Bonchev–Trinajstić information content (AvgIpc) is 2.38. The van der Waals surface area contributed by atoms with Crippen LogP contribution in [0, 0.1) is 0 Å². The molecule has 20 heavy (non-hydrogen) atoms. The fraction of sp³-hybridized carbons (Fsp3) is 0.533. The lowest BCUT2D eigenvalue weighted by molar-refractivity contribution is 0.0345. The van der Waals surface area contributed by atoms with Gasteiger partial charge in [-0.3, -0.25) is 9.69 Å². The number of aliphatic hydroxyl groups is 1. The van der Waals surface area contributed by atoms with Gasteiger partial charge in [0.1, 0.15) is 0 Å². The second-order valence-electron chi connectivity index (χ2n) is 5.90. The standard InChI is InChI=1S/C15H21ClN2O2/c1-15(2,20)11-17-5-7-18(8-6-17)14-4-3-13(16)9-12(14)10-19/h3-4,9-10,20H,5-8,11H2,1-2H3. The summed E-state index contributed by atoms with van der Waals surface area (Å²) in [6.07, 6.45) is 0.852. The molecular weight excluding hydrogens is 276 g/mol. The van der Waals surface area contributed by atoms with E-state index in [0.29, 0.717) is 17.1 Å². The van der Waals surface area contributed by atoms with Crippen molar-refractivity contribution in [3.05, 3.63) is 28.8 Å². The van der Waals surface area contributed by atoms with E-state index in [9.17, 15) is 9.90 Å². The predicted molar refractivity (Wildman–Crippen MR) is 81.8 cm³/mol. The Morgan fingerprint density at radius 1 is 1.30 bits per heavy atom. The normalized spacial score (nSPS) is 17.3. The summed E-state index contributed by atoms with van der Waals surface area (Å²) in [5.41, 5.74) is 0.900. The van der Waals surface area contributed by atoms with Gasteiger partial charge in [0.05, 0.1) is 5.60 Å². The SMILES string of the molecule is CC(C)(O)CN1CCN(c2ccc(Cl)cc2C=O)CC1. The molecule has 1 aromatic rings. The second-order valence-corrected chi connectivity index (χ2v) is 6.33. The molecule has 2 rings (SSSR count). The van der Waals surface area contributed by atoms with Gasteiger partial charge < -0.3 is 10.0 Å². The molecule has 1 aromatic carbocycles. The van der Waals surface area contributed by atoms with Crippen molar-refractivity contribution in [3.8, 4) is 0 Å². The first-order valence-corrected chi connectivity index (χ1v) is 7.21. The number of carbonyl (C=O) groups excluding carboxylic acids is 1. The van der Waals surface area contributed by atoms with Gasteiger partial charge in [-0.05, 0) is 32.0 Å². The van der Waals surface area contributed by atoms with Crippen LogP contribution in [-0.2, 0) is 0 Å². The Labute approximate surface area is 124 Å². The van der Waals surface area contributed by atoms with E-state index in [1.165, 1.54) is 0 Å². The molecule has 1 aliphatic heterocycles. The average molecular weight is 297 g/mol. The molecule has 0 unspecified atom stereocenters. The van der Waals surface area contributed by atoms with Crippen molar-refractivity contribution in [1.29, 1.82) is 0 Å². The third-order valence-corrected chi connectivity index (χ3v) is 3.68. The molecule has 5 heteroatoms. The number of benzene rings is 1. The Morgan fingerprint density at radius 2 is 1.95 bits per heavy atom. The summed E-state index contributed by atoms with van der Waals surface area (Å²) in [4.78, 5) is 15.6. The van der Waals surface area contributed by atoms with Gasteiger partial charge in [0.15, 0.2) is 6.29 Å². The predicted octanol–water partition coefficient (Wildman–Crippen LogP) is 2.05. The minimum atomic E-state index is -0.670. The summed E-state index contributed by atoms with van der Waals surface area (Å²) in [7, 11) is 0. The maximum atomic E-state index is 11.1. The van der Waals surface area contributed by atoms with E-state index in [0.717, 1.165) is 38.2 Å². The number of anilines is 1. The summed E-state index contributed by atoms with van der Waals surface area (Å²) in [5, 5.41) is 10.4. The fourth-order valence-electron chi connectivity index (χ4n) is 2.60. The minimum Gasteiger partial charge on any atom is -0.389 e. The van der Waals surface area contributed by atoms with Gasteiger partial charge in [-0.1, -0.05) is 11.6 Å². The molecule has 0 spiro atoms. The highest BCUT2D eigenvalue weighted by Crippen LogP contribution is 2.24. The van der Waals surface area contributed by atoms with Crippen molar-refractivity contribution >= 4 is 23.6 Å². The number of halogens is 1. The second kappa shape index (κ2) is 6.12. The summed E-state index contributed by atoms with van der Waals surface area (Å²) in [6.45, 7) is 7.76. The largest absolute Gasteiger partial charge is 0.389 e. The van der Waals surface area contributed by atoms with E-state index in [2.05, 4.69) is 9.80 Å². The third-order valence-electron chi connectivity index (χ3n) is 3.44. The molecule has 110 valence electrons. The number of nitrogens with zero attached hydrogens (tertiary/aromatic N) is 2. The van der Waals surface area contributed by atoms with Crippen molar-refractivity contribution in [2.24, 2.45) is 0 Å². The lowest BCUT2D eigenvalue weighted by Gasteiger charge is -2.38. The van der Waals surface area contributed by atoms with Crippen LogP contribution in [0.5, 0.6) is 0 Å². The highest BCUT2D eigenvalue weighted by atomic mass is 35.5. The van der Waals surface area contributed by atoms with E-state index in [1.807, 2.05) is 26.0 Å². The number of rotatable bonds is 4. The molecule has 1 saturated heterocycles. The third kappa shape index (κ3) is 3.95. The molecule has 0 radical (unpaired) electrons. The van der Waals surface area contributed by atoms with Crippen molar-refractivity contribution in [3.63, 3.8) is 0 Å². The van der Waals surface area contributed by atoms with Crippen LogP contribution in [0.2, 0.25) is 5.02 Å². The summed E-state index contributed by atoms with van der Waals surface area (Å²) >= 11 is 5.92. The van der Waals surface area contributed by atoms with Crippen molar-refractivity contribution in [1.82, 2.24) is 4.90 Å². The minimum absolute atomic E-state index is 0.580. The molecule has 0 bridgehead atoms. The van der Waals surface area contributed by atoms with Gasteiger partial charge in [-0.2, -0.15) is 0 Å². The summed E-state index contributed by atoms with van der Waals surface area (Å²) in [5.74, 6) is 0. The zero-order chi connectivity index (χ0) is 14.8. The number of aldehydes is 1. The Hall–Kier alpha value is -1.10. The monoisotopic (exact) mass is 296 g/mol. The molecule has 1 aliphatic rings. The molecule has 0 saturated carbocycles. The van der Waals surface area contributed by atoms with Crippen LogP contribution in [0.15, 0.2) is 18.2 Å². The van der Waals surface area contributed by atoms with Crippen molar-refractivity contribution in [2.75, 3.05) is 37.6 Å². The fourth-order valence-corrected chi connectivity index (χ4v) is 2.78. The van der Waals surface area contributed by atoms with Crippen LogP contribution in [0.25, 0.3) is 0 Å². The molecule has 0 aromatic heterocycles. The lowest BCUT2D eigenvalue weighted by Crippen LogP contribution is -2.50. The highest BCUT2D eigenvalue weighted by Gasteiger charge is 2.23. The molecule has 0 aliphatic carbocycles. The van der Waals surface area contributed by atoms with Crippen LogP contribution in [0.3, 0.4) is 0 Å². The van der Waals surface area contributed by atoms with E-state index < -0.39 is 5.60 Å². The van der Waals surface area contributed by atoms with Crippen LogP contribution in [0.4, 0.5) is 5.69 Å². The zero-order valence-electron chi connectivity index (χ0n) is 12.0. The van der Waals surface area contributed by atoms with Gasteiger partial charge in [-0.25, -0.2) is 0 Å². The van der Waals surface area contributed by atoms with Crippen molar-refractivity contribution < 1.29 is 9.90 Å². The van der Waals surface area contributed by atoms with E-state index in [4.69, 9.17) is 11.6 Å². The molecule has 0 amide bonds. The summed E-state index contributed by atoms with van der Waals surface area (Å²) in [6, 6.07) is 5.41.